The molecule has 0 bridgehead atoms. The maximum Gasteiger partial charge on any atom is 0.140 e. The first-order valence-corrected chi connectivity index (χ1v) is 10.2. The van der Waals surface area contributed by atoms with Crippen LogP contribution >= 0.6 is 0 Å². The second-order valence-corrected chi connectivity index (χ2v) is 8.21. The maximum atomic E-state index is 9.42. The number of nitrogens with zero attached hydrogens (tertiary/aromatic N) is 5. The number of aromatic nitrogens is 4. The van der Waals surface area contributed by atoms with Gasteiger partial charge in [-0.1, -0.05) is 30.3 Å². The highest BCUT2D eigenvalue weighted by molar-refractivity contribution is 6.11. The van der Waals surface area contributed by atoms with E-state index in [0.29, 0.717) is 5.69 Å². The fraction of sp³-hybridized carbons (Fsp3) is 0.115. The van der Waals surface area contributed by atoms with Crippen molar-refractivity contribution in [2.75, 3.05) is 0 Å². The van der Waals surface area contributed by atoms with E-state index in [4.69, 9.17) is 5.26 Å². The number of aromatic amines is 1. The molecular weight excluding hydrogens is 396 g/mol. The molecule has 0 spiro atoms. The third-order valence-electron chi connectivity index (χ3n) is 5.76. The van der Waals surface area contributed by atoms with Gasteiger partial charge in [0.1, 0.15) is 17.5 Å². The zero-order chi connectivity index (χ0) is 22.3. The van der Waals surface area contributed by atoms with Gasteiger partial charge in [0.05, 0.1) is 28.7 Å². The van der Waals surface area contributed by atoms with Crippen LogP contribution < -0.4 is 0 Å². The number of nitriles is 2. The van der Waals surface area contributed by atoms with Crippen molar-refractivity contribution in [3.05, 3.63) is 78.2 Å². The molecule has 0 aliphatic rings. The number of pyridine rings is 2. The van der Waals surface area contributed by atoms with Crippen molar-refractivity contribution in [1.29, 1.82) is 10.5 Å². The number of fused-ring (bicyclic) bond motifs is 3. The first-order chi connectivity index (χ1) is 15.5. The van der Waals surface area contributed by atoms with Crippen LogP contribution in [0.5, 0.6) is 0 Å². The summed E-state index contributed by atoms with van der Waals surface area (Å²) in [6, 6.07) is 22.0. The minimum absolute atomic E-state index is 0.388. The number of rotatable bonds is 3. The normalized spacial score (nSPS) is 11.4. The number of H-pyrrole nitrogens is 1. The summed E-state index contributed by atoms with van der Waals surface area (Å²) in [5.41, 5.74) is 6.24. The Kier molecular flexibility index (Phi) is 4.43. The molecule has 0 unspecified atom stereocenters. The topological polar surface area (TPSA) is 102 Å². The Morgan fingerprint density at radius 1 is 0.844 bits per heavy atom. The molecule has 0 amide bonds. The molecule has 3 aromatic heterocycles. The highest BCUT2D eigenvalue weighted by Gasteiger charge is 2.20. The third-order valence-corrected chi connectivity index (χ3v) is 5.76. The lowest BCUT2D eigenvalue weighted by Crippen LogP contribution is -2.13. The molecular formula is C26H18N6. The summed E-state index contributed by atoms with van der Waals surface area (Å²) >= 11 is 0. The van der Waals surface area contributed by atoms with Crippen molar-refractivity contribution >= 4 is 21.8 Å². The van der Waals surface area contributed by atoms with Crippen LogP contribution in [0.4, 0.5) is 0 Å². The first kappa shape index (κ1) is 19.4. The summed E-state index contributed by atoms with van der Waals surface area (Å²) in [4.78, 5) is 8.76. The van der Waals surface area contributed by atoms with E-state index in [1.165, 1.54) is 0 Å². The van der Waals surface area contributed by atoms with E-state index >= 15 is 0 Å². The van der Waals surface area contributed by atoms with Crippen LogP contribution in [-0.4, -0.2) is 20.2 Å². The molecule has 2 aromatic carbocycles. The van der Waals surface area contributed by atoms with E-state index in [1.807, 2.05) is 62.4 Å². The Balaban J connectivity index is 1.67. The van der Waals surface area contributed by atoms with Gasteiger partial charge in [0.2, 0.25) is 0 Å². The molecule has 0 fully saturated rings. The molecule has 0 radical (unpaired) electrons. The fourth-order valence-corrected chi connectivity index (χ4v) is 3.83. The molecule has 6 heteroatoms. The predicted octanol–water partition coefficient (Wildman–Crippen LogP) is 5.51. The van der Waals surface area contributed by atoms with Gasteiger partial charge >= 0.3 is 0 Å². The molecule has 0 aliphatic carbocycles. The number of hydrogen-bond donors (Lipinski definition) is 1. The molecule has 32 heavy (non-hydrogen) atoms. The summed E-state index contributed by atoms with van der Waals surface area (Å²) in [6.45, 7) is 3.81. The van der Waals surface area contributed by atoms with E-state index in [2.05, 4.69) is 32.3 Å². The van der Waals surface area contributed by atoms with Gasteiger partial charge in [0, 0.05) is 28.1 Å². The maximum absolute atomic E-state index is 9.42. The van der Waals surface area contributed by atoms with Gasteiger partial charge < -0.3 is 0 Å². The lowest BCUT2D eigenvalue weighted by Gasteiger charge is -2.15. The van der Waals surface area contributed by atoms with Crippen LogP contribution in [0.1, 0.15) is 25.1 Å². The second kappa shape index (κ2) is 7.30. The zero-order valence-electron chi connectivity index (χ0n) is 17.6. The Bertz CT molecular complexity index is 1550. The van der Waals surface area contributed by atoms with Crippen molar-refractivity contribution in [3.63, 3.8) is 0 Å². The minimum atomic E-state index is -0.549. The molecule has 3 heterocycles. The van der Waals surface area contributed by atoms with Gasteiger partial charge in [-0.25, -0.2) is 4.98 Å². The van der Waals surface area contributed by atoms with Crippen LogP contribution in [0.25, 0.3) is 44.2 Å². The molecule has 0 saturated heterocycles. The standard InChI is InChI=1S/C26H18N6/c1-26(2,15-28)19-7-3-16(4-8-19)25-24-21-11-17(18-5-9-20(12-27)29-13-18)6-10-22(21)30-14-23(24)31-32-25/h3-11,13-14H,1-2H3,(H,31,32). The highest BCUT2D eigenvalue weighted by Crippen LogP contribution is 2.34. The van der Waals surface area contributed by atoms with Crippen molar-refractivity contribution in [3.8, 4) is 34.5 Å². The molecule has 5 rings (SSSR count). The second-order valence-electron chi connectivity index (χ2n) is 8.21. The molecule has 1 N–H and O–H groups in total. The van der Waals surface area contributed by atoms with E-state index in [-0.39, 0.29) is 0 Å². The summed E-state index contributed by atoms with van der Waals surface area (Å²) in [7, 11) is 0. The first-order valence-electron chi connectivity index (χ1n) is 10.2. The number of benzene rings is 2. The Morgan fingerprint density at radius 3 is 2.28 bits per heavy atom. The van der Waals surface area contributed by atoms with Gasteiger partial charge in [-0.3, -0.25) is 10.1 Å². The van der Waals surface area contributed by atoms with Gasteiger partial charge in [0.15, 0.2) is 0 Å². The van der Waals surface area contributed by atoms with Crippen LogP contribution in [0.2, 0.25) is 0 Å². The predicted molar refractivity (Wildman–Crippen MR) is 123 cm³/mol. The highest BCUT2D eigenvalue weighted by atomic mass is 15.1. The fourth-order valence-electron chi connectivity index (χ4n) is 3.83. The van der Waals surface area contributed by atoms with Crippen molar-refractivity contribution in [1.82, 2.24) is 20.2 Å². The average Bonchev–Trinajstić information content (AvgIpc) is 3.28. The molecule has 0 atom stereocenters. The zero-order valence-corrected chi connectivity index (χ0v) is 17.6. The van der Waals surface area contributed by atoms with Crippen LogP contribution in [-0.2, 0) is 5.41 Å². The van der Waals surface area contributed by atoms with E-state index in [9.17, 15) is 5.26 Å². The van der Waals surface area contributed by atoms with Gasteiger partial charge in [-0.2, -0.15) is 15.6 Å². The monoisotopic (exact) mass is 414 g/mol. The largest absolute Gasteiger partial charge is 0.276 e. The molecule has 152 valence electrons. The smallest absolute Gasteiger partial charge is 0.140 e. The average molecular weight is 414 g/mol. The van der Waals surface area contributed by atoms with Crippen molar-refractivity contribution < 1.29 is 0 Å². The molecule has 6 nitrogen and oxygen atoms in total. The van der Waals surface area contributed by atoms with Crippen LogP contribution in [0, 0.1) is 22.7 Å². The Labute approximate surface area is 184 Å². The van der Waals surface area contributed by atoms with Crippen LogP contribution in [0.15, 0.2) is 67.0 Å². The van der Waals surface area contributed by atoms with Crippen LogP contribution in [0.3, 0.4) is 0 Å². The lowest BCUT2D eigenvalue weighted by molar-refractivity contribution is 0.687. The Morgan fingerprint density at radius 2 is 1.59 bits per heavy atom. The van der Waals surface area contributed by atoms with Crippen molar-refractivity contribution in [2.45, 2.75) is 19.3 Å². The Hall–Kier alpha value is -4.55. The number of hydrogen-bond acceptors (Lipinski definition) is 5. The van der Waals surface area contributed by atoms with E-state index in [0.717, 1.165) is 49.8 Å². The van der Waals surface area contributed by atoms with Gasteiger partial charge in [-0.15, -0.1) is 0 Å². The SMILES string of the molecule is CC(C)(C#N)c1ccc(-c2n[nH]c3cnc4ccc(-c5ccc(C#N)nc5)cc4c23)cc1. The van der Waals surface area contributed by atoms with E-state index in [1.54, 1.807) is 18.5 Å². The number of nitrogens with one attached hydrogen (secondary N) is 1. The minimum Gasteiger partial charge on any atom is -0.276 e. The van der Waals surface area contributed by atoms with Gasteiger partial charge in [-0.05, 0) is 49.2 Å². The summed E-state index contributed by atoms with van der Waals surface area (Å²) in [5.74, 6) is 0. The summed E-state index contributed by atoms with van der Waals surface area (Å²) in [6.07, 6.45) is 3.50. The third kappa shape index (κ3) is 3.15. The van der Waals surface area contributed by atoms with Crippen molar-refractivity contribution in [2.24, 2.45) is 0 Å². The summed E-state index contributed by atoms with van der Waals surface area (Å²) < 4.78 is 0. The molecule has 5 aromatic rings. The van der Waals surface area contributed by atoms with Gasteiger partial charge in [0.25, 0.3) is 0 Å². The lowest BCUT2D eigenvalue weighted by atomic mass is 9.86. The van der Waals surface area contributed by atoms with E-state index < -0.39 is 5.41 Å². The molecule has 0 aliphatic heterocycles. The quantitative estimate of drug-likeness (QED) is 0.419. The summed E-state index contributed by atoms with van der Waals surface area (Å²) in [5, 5.41) is 28.1. The molecule has 0 saturated carbocycles.